The molecule has 0 aromatic heterocycles. The zero-order valence-electron chi connectivity index (χ0n) is 6.39. The van der Waals surface area contributed by atoms with Crippen LogP contribution in [-0.2, 0) is 9.59 Å². The van der Waals surface area contributed by atoms with Gasteiger partial charge in [-0.15, -0.1) is 0 Å². The van der Waals surface area contributed by atoms with E-state index in [1.807, 2.05) is 0 Å². The van der Waals surface area contributed by atoms with Crippen LogP contribution in [0, 0.1) is 0 Å². The van der Waals surface area contributed by atoms with E-state index in [1.165, 1.54) is 0 Å². The lowest BCUT2D eigenvalue weighted by Gasteiger charge is -2.08. The third-order valence-corrected chi connectivity index (χ3v) is 1.13. The van der Waals surface area contributed by atoms with Crippen molar-refractivity contribution in [1.29, 1.82) is 0 Å². The van der Waals surface area contributed by atoms with Crippen LogP contribution in [-0.4, -0.2) is 48.4 Å². The quantitative estimate of drug-likeness (QED) is 0.418. The highest BCUT2D eigenvalue weighted by Crippen LogP contribution is 1.81. The fourth-order valence-electron chi connectivity index (χ4n) is 0.729. The lowest BCUT2D eigenvalue weighted by Crippen LogP contribution is -2.46. The average molecular weight is 176 g/mol. The van der Waals surface area contributed by atoms with Crippen molar-refractivity contribution in [2.24, 2.45) is 0 Å². The summed E-state index contributed by atoms with van der Waals surface area (Å²) in [5, 5.41) is 26.7. The van der Waals surface area contributed by atoms with Crippen molar-refractivity contribution in [3.8, 4) is 0 Å². The van der Waals surface area contributed by atoms with Gasteiger partial charge in [0.2, 0.25) is 6.54 Å². The van der Waals surface area contributed by atoms with Crippen LogP contribution in [0.15, 0.2) is 0 Å². The maximum atomic E-state index is 10.1. The van der Waals surface area contributed by atoms with Crippen molar-refractivity contribution in [2.75, 3.05) is 26.2 Å². The first kappa shape index (κ1) is 10.9. The fourth-order valence-corrected chi connectivity index (χ4v) is 0.729. The second-order valence-corrected chi connectivity index (χ2v) is 2.20. The van der Waals surface area contributed by atoms with Crippen LogP contribution >= 0.6 is 0 Å². The number of carboxylic acids is 2. The third kappa shape index (κ3) is 5.63. The van der Waals surface area contributed by atoms with Gasteiger partial charge in [-0.25, -0.2) is 4.79 Å². The van der Waals surface area contributed by atoms with Crippen LogP contribution in [0.5, 0.6) is 0 Å². The van der Waals surface area contributed by atoms with E-state index < -0.39 is 25.0 Å². The molecule has 6 nitrogen and oxygen atoms in total. The molecule has 0 amide bonds. The van der Waals surface area contributed by atoms with E-state index in [2.05, 4.69) is 0 Å². The van der Waals surface area contributed by atoms with Crippen LogP contribution in [0.2, 0.25) is 0 Å². The fraction of sp³-hybridized carbons (Fsp3) is 0.667. The summed E-state index contributed by atoms with van der Waals surface area (Å²) in [7, 11) is 0. The number of carboxylic acid groups (broad SMARTS) is 2. The van der Waals surface area contributed by atoms with E-state index in [1.54, 1.807) is 0 Å². The molecule has 6 heteroatoms. The van der Waals surface area contributed by atoms with Crippen LogP contribution in [0.3, 0.4) is 0 Å². The average Bonchev–Trinajstić information content (AvgIpc) is 1.84. The number of nitrogens with zero attached hydrogens (tertiary/aromatic N) is 1. The first-order valence-electron chi connectivity index (χ1n) is 3.31. The highest BCUT2D eigenvalue weighted by atomic mass is 16.4. The molecule has 0 aliphatic rings. The number of aliphatic carboxylic acids is 2. The first-order chi connectivity index (χ1) is 5.56. The summed E-state index contributed by atoms with van der Waals surface area (Å²) in [5.41, 5.74) is 0. The molecule has 0 atom stereocenters. The minimum absolute atomic E-state index is 0.0142. The number of carbonyl (C=O) groups excluding carboxylic acids is 1. The van der Waals surface area contributed by atoms with Crippen molar-refractivity contribution >= 4 is 11.9 Å². The predicted octanol–water partition coefficient (Wildman–Crippen LogP) is -3.05. The minimum Gasteiger partial charge on any atom is -0.544 e. The Balaban J connectivity index is 3.85. The number of aliphatic hydroxyl groups excluding tert-OH is 1. The Hall–Kier alpha value is -1.14. The van der Waals surface area contributed by atoms with E-state index in [4.69, 9.17) is 10.2 Å². The van der Waals surface area contributed by atoms with Crippen LogP contribution in [0.1, 0.15) is 0 Å². The van der Waals surface area contributed by atoms with Gasteiger partial charge in [0.15, 0.2) is 6.54 Å². The van der Waals surface area contributed by atoms with Crippen LogP contribution in [0.4, 0.5) is 0 Å². The van der Waals surface area contributed by atoms with Gasteiger partial charge in [0.25, 0.3) is 0 Å². The van der Waals surface area contributed by atoms with Gasteiger partial charge in [0.1, 0.15) is 12.5 Å². The summed E-state index contributed by atoms with van der Waals surface area (Å²) in [4.78, 5) is 21.2. The Morgan fingerprint density at radius 1 is 1.33 bits per heavy atom. The SMILES string of the molecule is O=C([O-])C[N+](CCO)CC(=O)O. The standard InChI is InChI=1S/C6H11NO5/c8-2-1-7(3-5(9)10)4-6(11)12/h8H,1-4H2,(H,9,10)(H,11,12)/q+1/p-1. The molecule has 0 unspecified atom stereocenters. The zero-order chi connectivity index (χ0) is 9.56. The van der Waals surface area contributed by atoms with Crippen LogP contribution in [0.25, 0.3) is 0 Å². The molecule has 0 aliphatic heterocycles. The van der Waals surface area contributed by atoms with E-state index >= 15 is 0 Å². The number of aliphatic hydroxyl groups is 1. The second kappa shape index (κ2) is 5.50. The monoisotopic (exact) mass is 176 g/mol. The van der Waals surface area contributed by atoms with Gasteiger partial charge in [-0.2, -0.15) is 4.90 Å². The Bertz CT molecular complexity index is 153. The van der Waals surface area contributed by atoms with Gasteiger partial charge in [-0.3, -0.25) is 0 Å². The van der Waals surface area contributed by atoms with E-state index in [-0.39, 0.29) is 13.2 Å². The summed E-state index contributed by atoms with van der Waals surface area (Å²) < 4.78 is 0. The zero-order valence-corrected chi connectivity index (χ0v) is 6.39. The van der Waals surface area contributed by atoms with Gasteiger partial charge in [0.05, 0.1) is 6.61 Å². The Labute approximate surface area is 69.0 Å². The molecule has 0 fully saturated rings. The molecule has 0 aromatic carbocycles. The van der Waals surface area contributed by atoms with Crippen molar-refractivity contribution in [2.45, 2.75) is 0 Å². The molecule has 0 bridgehead atoms. The minimum atomic E-state index is -1.36. The summed E-state index contributed by atoms with van der Waals surface area (Å²) in [6.45, 7) is -1.15. The summed E-state index contributed by atoms with van der Waals surface area (Å²) in [5.74, 6) is -2.49. The molecule has 0 saturated carbocycles. The third-order valence-electron chi connectivity index (χ3n) is 1.13. The Morgan fingerprint density at radius 3 is 2.25 bits per heavy atom. The molecule has 0 aromatic rings. The van der Waals surface area contributed by atoms with Crippen molar-refractivity contribution in [3.63, 3.8) is 0 Å². The number of hydrogen-bond donors (Lipinski definition) is 2. The van der Waals surface area contributed by atoms with Crippen LogP contribution < -0.4 is 10.0 Å². The normalized spacial score (nSPS) is 10.2. The van der Waals surface area contributed by atoms with Crippen molar-refractivity contribution in [1.82, 2.24) is 4.90 Å². The van der Waals surface area contributed by atoms with E-state index in [0.29, 0.717) is 0 Å². The Kier molecular flexibility index (Phi) is 4.98. The molecule has 0 saturated heterocycles. The summed E-state index contributed by atoms with van der Waals surface area (Å²) in [6.07, 6.45) is 0. The number of hydrogen-bond acceptors (Lipinski definition) is 5. The Morgan fingerprint density at radius 2 is 1.92 bits per heavy atom. The molecular formula is C6H10NO5. The largest absolute Gasteiger partial charge is 0.544 e. The molecule has 0 spiro atoms. The van der Waals surface area contributed by atoms with Gasteiger partial charge < -0.3 is 20.1 Å². The summed E-state index contributed by atoms with van der Waals surface area (Å²) in [6, 6.07) is 0. The lowest BCUT2D eigenvalue weighted by molar-refractivity contribution is -0.305. The maximum absolute atomic E-state index is 10.1. The highest BCUT2D eigenvalue weighted by molar-refractivity contribution is 5.72. The second-order valence-electron chi connectivity index (χ2n) is 2.20. The van der Waals surface area contributed by atoms with Gasteiger partial charge in [-0.1, -0.05) is 0 Å². The molecule has 2 N–H and O–H groups in total. The molecule has 1 radical (unpaired) electrons. The summed E-state index contributed by atoms with van der Waals surface area (Å²) >= 11 is 0. The maximum Gasteiger partial charge on any atom is 0.364 e. The molecule has 0 heterocycles. The van der Waals surface area contributed by atoms with Crippen molar-refractivity contribution < 1.29 is 24.9 Å². The topological polar surface area (TPSA) is 104 Å². The number of carbonyl (C=O) groups is 2. The highest BCUT2D eigenvalue weighted by Gasteiger charge is 2.18. The lowest BCUT2D eigenvalue weighted by atomic mass is 10.4. The van der Waals surface area contributed by atoms with Gasteiger partial charge >= 0.3 is 5.97 Å². The molecule has 0 aliphatic carbocycles. The van der Waals surface area contributed by atoms with Gasteiger partial charge in [-0.05, 0) is 0 Å². The molecule has 69 valence electrons. The molecular weight excluding hydrogens is 166 g/mol. The number of rotatable bonds is 6. The van der Waals surface area contributed by atoms with Gasteiger partial charge in [0, 0.05) is 0 Å². The predicted molar refractivity (Wildman–Crippen MR) is 36.5 cm³/mol. The van der Waals surface area contributed by atoms with E-state index in [0.717, 1.165) is 4.90 Å². The molecule has 12 heavy (non-hydrogen) atoms. The molecule has 0 rings (SSSR count). The smallest absolute Gasteiger partial charge is 0.364 e. The van der Waals surface area contributed by atoms with E-state index in [9.17, 15) is 14.7 Å². The first-order valence-corrected chi connectivity index (χ1v) is 3.31. The van der Waals surface area contributed by atoms with Crippen molar-refractivity contribution in [3.05, 3.63) is 0 Å².